The van der Waals surface area contributed by atoms with Gasteiger partial charge >= 0.3 is 5.97 Å². The van der Waals surface area contributed by atoms with Crippen molar-refractivity contribution in [2.45, 2.75) is 26.4 Å². The Labute approximate surface area is 187 Å². The molecule has 2 N–H and O–H groups in total. The monoisotopic (exact) mass is 430 g/mol. The fourth-order valence-corrected chi connectivity index (χ4v) is 4.77. The molecule has 32 heavy (non-hydrogen) atoms. The summed E-state index contributed by atoms with van der Waals surface area (Å²) < 4.78 is 18.3. The first-order chi connectivity index (χ1) is 15.5. The molecule has 2 aliphatic rings. The van der Waals surface area contributed by atoms with Crippen LogP contribution in [0.15, 0.2) is 54.6 Å². The van der Waals surface area contributed by atoms with Crippen LogP contribution in [0.5, 0.6) is 17.2 Å². The number of hydrogen-bond acceptors (Lipinski definition) is 6. The van der Waals surface area contributed by atoms with Gasteiger partial charge in [0.15, 0.2) is 5.60 Å². The van der Waals surface area contributed by atoms with E-state index in [1.54, 1.807) is 18.2 Å². The van der Waals surface area contributed by atoms with Gasteiger partial charge in [0.2, 0.25) is 0 Å². The molecule has 3 aromatic rings. The highest BCUT2D eigenvalue weighted by Gasteiger charge is 2.53. The Hall–Kier alpha value is -3.67. The first kappa shape index (κ1) is 20.2. The third-order valence-corrected chi connectivity index (χ3v) is 6.26. The zero-order chi connectivity index (χ0) is 22.5. The van der Waals surface area contributed by atoms with Gasteiger partial charge in [-0.15, -0.1) is 0 Å². The van der Waals surface area contributed by atoms with Crippen LogP contribution in [-0.2, 0) is 10.3 Å². The molecule has 0 saturated carbocycles. The molecule has 2 heterocycles. The molecule has 0 aliphatic carbocycles. The maximum absolute atomic E-state index is 13.0. The van der Waals surface area contributed by atoms with Crippen LogP contribution >= 0.6 is 0 Å². The lowest BCUT2D eigenvalue weighted by molar-refractivity contribution is 0.0224. The Morgan fingerprint density at radius 3 is 2.44 bits per heavy atom. The number of carbonyl (C=O) groups excluding carboxylic acids is 1. The van der Waals surface area contributed by atoms with Crippen LogP contribution in [-0.4, -0.2) is 25.7 Å². The number of rotatable bonds is 5. The van der Waals surface area contributed by atoms with Gasteiger partial charge < -0.3 is 24.8 Å². The van der Waals surface area contributed by atoms with Crippen LogP contribution in [0.3, 0.4) is 0 Å². The number of nitrogen functional groups attached to an aromatic ring is 1. The standard InChI is InChI=1S/C26H26N2O4/c1-4-28(5-2)16-11-12-19-22(13-16)31-23-15-24(30-6-3)21(27)14-20(23)26(19)18-10-8-7-9-17(18)25(29)32-26/h7-15H,4-6,27H2,1-3H3. The minimum absolute atomic E-state index is 0.361. The number of anilines is 2. The summed E-state index contributed by atoms with van der Waals surface area (Å²) in [5.41, 5.74) is 9.53. The van der Waals surface area contributed by atoms with E-state index in [0.29, 0.717) is 40.7 Å². The molecule has 0 bridgehead atoms. The van der Waals surface area contributed by atoms with Crippen LogP contribution in [0.25, 0.3) is 0 Å². The van der Waals surface area contributed by atoms with Crippen molar-refractivity contribution in [3.8, 4) is 17.2 Å². The van der Waals surface area contributed by atoms with Crippen LogP contribution in [0, 0.1) is 0 Å². The van der Waals surface area contributed by atoms with Crippen molar-refractivity contribution >= 4 is 17.3 Å². The van der Waals surface area contributed by atoms with Crippen molar-refractivity contribution in [3.63, 3.8) is 0 Å². The van der Waals surface area contributed by atoms with Crippen molar-refractivity contribution in [2.24, 2.45) is 0 Å². The number of hydrogen-bond donors (Lipinski definition) is 1. The third-order valence-electron chi connectivity index (χ3n) is 6.26. The minimum atomic E-state index is -1.13. The first-order valence-electron chi connectivity index (χ1n) is 11.0. The van der Waals surface area contributed by atoms with Crippen LogP contribution in [0.4, 0.5) is 11.4 Å². The second-order valence-corrected chi connectivity index (χ2v) is 7.89. The van der Waals surface area contributed by atoms with Crippen molar-refractivity contribution in [1.29, 1.82) is 0 Å². The molecule has 0 amide bonds. The summed E-state index contributed by atoms with van der Waals surface area (Å²) in [6.45, 7) is 8.37. The molecule has 1 unspecified atom stereocenters. The highest BCUT2D eigenvalue weighted by Crippen LogP contribution is 2.57. The normalized spacial score (nSPS) is 17.8. The van der Waals surface area contributed by atoms with Crippen molar-refractivity contribution in [3.05, 3.63) is 76.9 Å². The third kappa shape index (κ3) is 2.75. The highest BCUT2D eigenvalue weighted by atomic mass is 16.6. The second-order valence-electron chi connectivity index (χ2n) is 7.89. The number of nitrogens with zero attached hydrogens (tertiary/aromatic N) is 1. The van der Waals surface area contributed by atoms with Crippen LogP contribution < -0.4 is 20.1 Å². The van der Waals surface area contributed by atoms with Gasteiger partial charge in [-0.25, -0.2) is 4.79 Å². The van der Waals surface area contributed by atoms with E-state index >= 15 is 0 Å². The maximum Gasteiger partial charge on any atom is 0.340 e. The lowest BCUT2D eigenvalue weighted by Gasteiger charge is -2.37. The number of ether oxygens (including phenoxy) is 3. The minimum Gasteiger partial charge on any atom is -0.492 e. The topological polar surface area (TPSA) is 74.0 Å². The van der Waals surface area contributed by atoms with E-state index in [-0.39, 0.29) is 5.97 Å². The summed E-state index contributed by atoms with van der Waals surface area (Å²) in [6, 6.07) is 17.1. The Morgan fingerprint density at radius 2 is 1.69 bits per heavy atom. The van der Waals surface area contributed by atoms with E-state index in [2.05, 4.69) is 24.8 Å². The predicted octanol–water partition coefficient (Wildman–Crippen LogP) is 5.08. The molecule has 3 aromatic carbocycles. The molecule has 5 rings (SSSR count). The summed E-state index contributed by atoms with van der Waals surface area (Å²) in [5.74, 6) is 1.40. The van der Waals surface area contributed by atoms with Gasteiger partial charge in [-0.05, 0) is 45.0 Å². The number of benzene rings is 3. The molecule has 1 spiro atoms. The molecule has 6 heteroatoms. The zero-order valence-corrected chi connectivity index (χ0v) is 18.5. The smallest absolute Gasteiger partial charge is 0.340 e. The number of esters is 1. The lowest BCUT2D eigenvalue weighted by atomic mass is 9.77. The van der Waals surface area contributed by atoms with Gasteiger partial charge in [0.25, 0.3) is 0 Å². The predicted molar refractivity (Wildman–Crippen MR) is 124 cm³/mol. The Morgan fingerprint density at radius 1 is 0.938 bits per heavy atom. The molecule has 0 radical (unpaired) electrons. The molecule has 164 valence electrons. The van der Waals surface area contributed by atoms with Gasteiger partial charge in [-0.2, -0.15) is 0 Å². The van der Waals surface area contributed by atoms with Crippen molar-refractivity contribution < 1.29 is 19.0 Å². The summed E-state index contributed by atoms with van der Waals surface area (Å²) in [6.07, 6.45) is 0. The lowest BCUT2D eigenvalue weighted by Crippen LogP contribution is -2.33. The van der Waals surface area contributed by atoms with Gasteiger partial charge in [-0.1, -0.05) is 18.2 Å². The van der Waals surface area contributed by atoms with E-state index in [9.17, 15) is 4.79 Å². The van der Waals surface area contributed by atoms with E-state index < -0.39 is 5.60 Å². The van der Waals surface area contributed by atoms with E-state index in [0.717, 1.165) is 29.9 Å². The fourth-order valence-electron chi connectivity index (χ4n) is 4.77. The highest BCUT2D eigenvalue weighted by molar-refractivity contribution is 5.97. The average Bonchev–Trinajstić information content (AvgIpc) is 3.09. The summed E-state index contributed by atoms with van der Waals surface area (Å²) in [7, 11) is 0. The summed E-state index contributed by atoms with van der Waals surface area (Å²) in [4.78, 5) is 15.2. The molecule has 2 aliphatic heterocycles. The Bertz CT molecular complexity index is 1220. The van der Waals surface area contributed by atoms with Crippen molar-refractivity contribution in [2.75, 3.05) is 30.3 Å². The van der Waals surface area contributed by atoms with Crippen molar-refractivity contribution in [1.82, 2.24) is 0 Å². The largest absolute Gasteiger partial charge is 0.492 e. The molecule has 0 aromatic heterocycles. The number of carbonyl (C=O) groups is 1. The van der Waals surface area contributed by atoms with Gasteiger partial charge in [0.05, 0.1) is 17.9 Å². The van der Waals surface area contributed by atoms with Crippen LogP contribution in [0.1, 0.15) is 47.8 Å². The quantitative estimate of drug-likeness (QED) is 0.449. The fraction of sp³-hybridized carbons (Fsp3) is 0.269. The van der Waals surface area contributed by atoms with Gasteiger partial charge in [0, 0.05) is 47.6 Å². The van der Waals surface area contributed by atoms with E-state index in [1.807, 2.05) is 37.3 Å². The number of nitrogens with two attached hydrogens (primary N) is 1. The molecular weight excluding hydrogens is 404 g/mol. The van der Waals surface area contributed by atoms with Crippen LogP contribution in [0.2, 0.25) is 0 Å². The molecule has 0 fully saturated rings. The average molecular weight is 431 g/mol. The molecule has 0 saturated heterocycles. The molecular formula is C26H26N2O4. The summed E-state index contributed by atoms with van der Waals surface area (Å²) >= 11 is 0. The van der Waals surface area contributed by atoms with Gasteiger partial charge in [-0.3, -0.25) is 0 Å². The SMILES string of the molecule is CCOc1cc2c(cc1N)C1(OC(=O)c3ccccc31)c1ccc(N(CC)CC)cc1O2. The van der Waals surface area contributed by atoms with Gasteiger partial charge in [0.1, 0.15) is 17.2 Å². The Kier molecular flexibility index (Phi) is 4.73. The second kappa shape index (κ2) is 7.48. The first-order valence-corrected chi connectivity index (χ1v) is 11.0. The Balaban J connectivity index is 1.80. The molecule has 1 atom stereocenters. The van der Waals surface area contributed by atoms with E-state index in [1.165, 1.54) is 0 Å². The number of fused-ring (bicyclic) bond motifs is 6. The maximum atomic E-state index is 13.0. The molecule has 6 nitrogen and oxygen atoms in total. The summed E-state index contributed by atoms with van der Waals surface area (Å²) in [5, 5.41) is 0. The zero-order valence-electron chi connectivity index (χ0n) is 18.5. The van der Waals surface area contributed by atoms with E-state index in [4.69, 9.17) is 19.9 Å².